The highest BCUT2D eigenvalue weighted by molar-refractivity contribution is 5.64. The molecular weight excluding hydrogens is 332 g/mol. The summed E-state index contributed by atoms with van der Waals surface area (Å²) in [6, 6.07) is 12.2. The van der Waals surface area contributed by atoms with Crippen molar-refractivity contribution in [3.63, 3.8) is 0 Å². The molecule has 0 spiro atoms. The van der Waals surface area contributed by atoms with Crippen LogP contribution in [-0.4, -0.2) is 37.8 Å². The zero-order chi connectivity index (χ0) is 17.9. The first-order chi connectivity index (χ1) is 12.0. The molecule has 2 aromatic rings. The summed E-state index contributed by atoms with van der Waals surface area (Å²) in [6.07, 6.45) is -4.33. The predicted molar refractivity (Wildman–Crippen MR) is 90.0 cm³/mol. The van der Waals surface area contributed by atoms with Gasteiger partial charge in [-0.3, -0.25) is 4.90 Å². The molecule has 0 aliphatic carbocycles. The molecular formula is C19H20F4N2. The molecule has 1 saturated heterocycles. The van der Waals surface area contributed by atoms with E-state index in [4.69, 9.17) is 0 Å². The number of nitrogens with one attached hydrogen (secondary N) is 1. The smallest absolute Gasteiger partial charge is 0.314 e. The van der Waals surface area contributed by atoms with Crippen molar-refractivity contribution in [1.29, 1.82) is 0 Å². The Labute approximate surface area is 144 Å². The Balaban J connectivity index is 1.77. The second kappa shape index (κ2) is 7.54. The topological polar surface area (TPSA) is 15.3 Å². The molecule has 0 radical (unpaired) electrons. The fourth-order valence-corrected chi connectivity index (χ4v) is 3.14. The molecule has 0 amide bonds. The molecule has 1 N–H and O–H groups in total. The minimum absolute atomic E-state index is 0.274. The predicted octanol–water partition coefficient (Wildman–Crippen LogP) is 4.29. The number of nitrogens with zero attached hydrogens (tertiary/aromatic N) is 1. The summed E-state index contributed by atoms with van der Waals surface area (Å²) in [5, 5.41) is 3.25. The maximum Gasteiger partial charge on any atom is 0.416 e. The van der Waals surface area contributed by atoms with E-state index in [1.165, 1.54) is 12.1 Å². The van der Waals surface area contributed by atoms with Crippen LogP contribution in [0.2, 0.25) is 0 Å². The number of hydrogen-bond donors (Lipinski definition) is 1. The van der Waals surface area contributed by atoms with Crippen LogP contribution in [0.15, 0.2) is 48.5 Å². The van der Waals surface area contributed by atoms with Gasteiger partial charge in [-0.2, -0.15) is 13.2 Å². The third-order valence-corrected chi connectivity index (χ3v) is 4.58. The lowest BCUT2D eigenvalue weighted by Crippen LogP contribution is -2.45. The first-order valence-electron chi connectivity index (χ1n) is 8.27. The van der Waals surface area contributed by atoms with E-state index in [2.05, 4.69) is 10.2 Å². The molecule has 0 unspecified atom stereocenters. The highest BCUT2D eigenvalue weighted by Gasteiger charge is 2.30. The van der Waals surface area contributed by atoms with Crippen LogP contribution in [0.25, 0.3) is 11.1 Å². The van der Waals surface area contributed by atoms with Crippen molar-refractivity contribution in [3.8, 4) is 11.1 Å². The molecule has 3 rings (SSSR count). The third-order valence-electron chi connectivity index (χ3n) is 4.58. The maximum absolute atomic E-state index is 13.5. The average molecular weight is 352 g/mol. The van der Waals surface area contributed by atoms with Gasteiger partial charge in [0.05, 0.1) is 11.6 Å². The first kappa shape index (κ1) is 17.9. The van der Waals surface area contributed by atoms with Crippen molar-refractivity contribution < 1.29 is 17.6 Å². The van der Waals surface area contributed by atoms with Crippen LogP contribution >= 0.6 is 0 Å². The Hall–Kier alpha value is -1.92. The number of hydrogen-bond acceptors (Lipinski definition) is 2. The van der Waals surface area contributed by atoms with Crippen LogP contribution in [0.3, 0.4) is 0 Å². The minimum Gasteiger partial charge on any atom is -0.314 e. The van der Waals surface area contributed by atoms with Crippen LogP contribution in [0.4, 0.5) is 17.6 Å². The van der Waals surface area contributed by atoms with E-state index in [1.807, 2.05) is 24.3 Å². The zero-order valence-electron chi connectivity index (χ0n) is 13.7. The Morgan fingerprint density at radius 3 is 1.88 bits per heavy atom. The van der Waals surface area contributed by atoms with Crippen LogP contribution in [0, 0.1) is 0 Å². The number of piperazine rings is 1. The summed E-state index contributed by atoms with van der Waals surface area (Å²) in [7, 11) is 0. The molecule has 1 atom stereocenters. The van der Waals surface area contributed by atoms with Gasteiger partial charge in [0.15, 0.2) is 0 Å². The van der Waals surface area contributed by atoms with Crippen LogP contribution < -0.4 is 5.32 Å². The Bertz CT molecular complexity index is 674. The quantitative estimate of drug-likeness (QED) is 0.826. The molecule has 1 heterocycles. The van der Waals surface area contributed by atoms with Crippen molar-refractivity contribution in [2.75, 3.05) is 32.9 Å². The van der Waals surface area contributed by atoms with E-state index in [1.54, 1.807) is 0 Å². The Kier molecular flexibility index (Phi) is 5.39. The summed E-state index contributed by atoms with van der Waals surface area (Å²) in [4.78, 5) is 2.11. The normalized spacial score (nSPS) is 17.4. The molecule has 25 heavy (non-hydrogen) atoms. The Morgan fingerprint density at radius 1 is 0.880 bits per heavy atom. The zero-order valence-corrected chi connectivity index (χ0v) is 13.7. The largest absolute Gasteiger partial charge is 0.416 e. The van der Waals surface area contributed by atoms with Gasteiger partial charge in [-0.25, -0.2) is 4.39 Å². The molecule has 2 aromatic carbocycles. The molecule has 2 nitrogen and oxygen atoms in total. The van der Waals surface area contributed by atoms with Gasteiger partial charge in [-0.15, -0.1) is 0 Å². The van der Waals surface area contributed by atoms with E-state index < -0.39 is 18.4 Å². The van der Waals surface area contributed by atoms with Gasteiger partial charge in [-0.1, -0.05) is 36.4 Å². The van der Waals surface area contributed by atoms with Crippen molar-refractivity contribution >= 4 is 0 Å². The van der Waals surface area contributed by atoms with Gasteiger partial charge < -0.3 is 5.32 Å². The highest BCUT2D eigenvalue weighted by Crippen LogP contribution is 2.31. The van der Waals surface area contributed by atoms with E-state index in [0.29, 0.717) is 5.56 Å². The van der Waals surface area contributed by atoms with E-state index in [9.17, 15) is 17.6 Å². The lowest BCUT2D eigenvalue weighted by atomic mass is 9.99. The molecule has 1 aliphatic rings. The van der Waals surface area contributed by atoms with Gasteiger partial charge in [0.25, 0.3) is 0 Å². The van der Waals surface area contributed by atoms with Crippen LogP contribution in [0.5, 0.6) is 0 Å². The lowest BCUT2D eigenvalue weighted by molar-refractivity contribution is -0.137. The number of alkyl halides is 4. The van der Waals surface area contributed by atoms with Crippen molar-refractivity contribution in [2.24, 2.45) is 0 Å². The van der Waals surface area contributed by atoms with Crippen molar-refractivity contribution in [1.82, 2.24) is 10.2 Å². The molecule has 6 heteroatoms. The summed E-state index contributed by atoms with van der Waals surface area (Å²) in [5.74, 6) is 0. The second-order valence-corrected chi connectivity index (χ2v) is 6.15. The number of halogens is 4. The number of benzene rings is 2. The third kappa shape index (κ3) is 4.19. The van der Waals surface area contributed by atoms with Crippen LogP contribution in [-0.2, 0) is 6.18 Å². The van der Waals surface area contributed by atoms with Crippen molar-refractivity contribution in [2.45, 2.75) is 12.2 Å². The van der Waals surface area contributed by atoms with Gasteiger partial charge >= 0.3 is 6.18 Å². The first-order valence-corrected chi connectivity index (χ1v) is 8.27. The van der Waals surface area contributed by atoms with Gasteiger partial charge in [0, 0.05) is 26.2 Å². The standard InChI is InChI=1S/C19H20F4N2/c20-13-18(25-11-9-24-10-12-25)16-3-1-14(2-4-16)15-5-7-17(8-6-15)19(21,22)23/h1-8,18,24H,9-13H2/t18-/m1/s1. The van der Waals surface area contributed by atoms with E-state index >= 15 is 0 Å². The maximum atomic E-state index is 13.5. The second-order valence-electron chi connectivity index (χ2n) is 6.15. The van der Waals surface area contributed by atoms with E-state index in [0.717, 1.165) is 49.4 Å². The monoisotopic (exact) mass is 352 g/mol. The van der Waals surface area contributed by atoms with E-state index in [-0.39, 0.29) is 6.04 Å². The van der Waals surface area contributed by atoms with Gasteiger partial charge in [-0.05, 0) is 28.8 Å². The van der Waals surface area contributed by atoms with Crippen LogP contribution in [0.1, 0.15) is 17.2 Å². The SMILES string of the molecule is FC[C@H](c1ccc(-c2ccc(C(F)(F)F)cc2)cc1)N1CCNCC1. The fourth-order valence-electron chi connectivity index (χ4n) is 3.14. The average Bonchev–Trinajstić information content (AvgIpc) is 2.63. The molecule has 0 aromatic heterocycles. The number of rotatable bonds is 4. The Morgan fingerprint density at radius 2 is 1.40 bits per heavy atom. The summed E-state index contributed by atoms with van der Waals surface area (Å²) in [5.41, 5.74) is 1.75. The summed E-state index contributed by atoms with van der Waals surface area (Å²) < 4.78 is 51.4. The molecule has 134 valence electrons. The lowest BCUT2D eigenvalue weighted by Gasteiger charge is -2.33. The van der Waals surface area contributed by atoms with Gasteiger partial charge in [0.1, 0.15) is 6.67 Å². The molecule has 1 fully saturated rings. The summed E-state index contributed by atoms with van der Waals surface area (Å²) in [6.45, 7) is 2.84. The summed E-state index contributed by atoms with van der Waals surface area (Å²) >= 11 is 0. The molecule has 0 saturated carbocycles. The molecule has 1 aliphatic heterocycles. The minimum atomic E-state index is -4.33. The molecule has 0 bridgehead atoms. The highest BCUT2D eigenvalue weighted by atomic mass is 19.4. The fraction of sp³-hybridized carbons (Fsp3) is 0.368. The van der Waals surface area contributed by atoms with Gasteiger partial charge in [0.2, 0.25) is 0 Å². The van der Waals surface area contributed by atoms with Crippen molar-refractivity contribution in [3.05, 3.63) is 59.7 Å².